The van der Waals surface area contributed by atoms with Crippen LogP contribution in [-0.2, 0) is 4.79 Å². The molecule has 0 aliphatic carbocycles. The number of carbonyl (C=O) groups excluding carboxylic acids is 1. The van der Waals surface area contributed by atoms with Gasteiger partial charge in [0.2, 0.25) is 5.91 Å². The quantitative estimate of drug-likeness (QED) is 0.580. The molecule has 0 saturated carbocycles. The standard InChI is InChI=1S/C8H16N2O2/c1-2-10-5-3-4-6(11)7(10)8(9)12/h6-7,11H,2-5H2,1H3,(H2,9,12). The van der Waals surface area contributed by atoms with Crippen LogP contribution in [0.5, 0.6) is 0 Å². The third-order valence-electron chi connectivity index (χ3n) is 2.40. The van der Waals surface area contributed by atoms with E-state index in [-0.39, 0.29) is 0 Å². The van der Waals surface area contributed by atoms with Crippen molar-refractivity contribution in [2.75, 3.05) is 13.1 Å². The summed E-state index contributed by atoms with van der Waals surface area (Å²) >= 11 is 0. The van der Waals surface area contributed by atoms with Crippen LogP contribution < -0.4 is 5.73 Å². The number of carbonyl (C=O) groups is 1. The van der Waals surface area contributed by atoms with Crippen LogP contribution in [0.4, 0.5) is 0 Å². The van der Waals surface area contributed by atoms with Gasteiger partial charge in [-0.2, -0.15) is 0 Å². The van der Waals surface area contributed by atoms with Gasteiger partial charge in [-0.3, -0.25) is 9.69 Å². The lowest BCUT2D eigenvalue weighted by molar-refractivity contribution is -0.129. The van der Waals surface area contributed by atoms with Gasteiger partial charge in [0.05, 0.1) is 6.10 Å². The Hall–Kier alpha value is -0.610. The zero-order chi connectivity index (χ0) is 9.14. The highest BCUT2D eigenvalue weighted by Gasteiger charge is 2.32. The summed E-state index contributed by atoms with van der Waals surface area (Å²) in [5.41, 5.74) is 5.18. The van der Waals surface area contributed by atoms with E-state index in [0.717, 1.165) is 19.5 Å². The third-order valence-corrected chi connectivity index (χ3v) is 2.40. The number of nitrogens with zero attached hydrogens (tertiary/aromatic N) is 1. The van der Waals surface area contributed by atoms with Crippen LogP contribution in [0, 0.1) is 0 Å². The van der Waals surface area contributed by atoms with Crippen molar-refractivity contribution in [3.8, 4) is 0 Å². The molecule has 1 amide bonds. The molecule has 1 fully saturated rings. The number of amides is 1. The Morgan fingerprint density at radius 2 is 2.42 bits per heavy atom. The van der Waals surface area contributed by atoms with Crippen LogP contribution >= 0.6 is 0 Å². The second kappa shape index (κ2) is 3.87. The highest BCUT2D eigenvalue weighted by Crippen LogP contribution is 2.16. The Morgan fingerprint density at radius 3 is 2.83 bits per heavy atom. The molecule has 12 heavy (non-hydrogen) atoms. The van der Waals surface area contributed by atoms with E-state index in [1.54, 1.807) is 0 Å². The van der Waals surface area contributed by atoms with Gasteiger partial charge in [-0.15, -0.1) is 0 Å². The number of rotatable bonds is 2. The van der Waals surface area contributed by atoms with Crippen molar-refractivity contribution in [1.29, 1.82) is 0 Å². The Morgan fingerprint density at radius 1 is 1.75 bits per heavy atom. The van der Waals surface area contributed by atoms with Crippen molar-refractivity contribution >= 4 is 5.91 Å². The summed E-state index contributed by atoms with van der Waals surface area (Å²) in [6, 6.07) is -0.469. The van der Waals surface area contributed by atoms with E-state index < -0.39 is 18.1 Å². The molecule has 1 rings (SSSR count). The van der Waals surface area contributed by atoms with Gasteiger partial charge in [0.15, 0.2) is 0 Å². The average Bonchev–Trinajstić information content (AvgIpc) is 2.03. The first-order valence-electron chi connectivity index (χ1n) is 4.38. The Labute approximate surface area is 72.3 Å². The zero-order valence-electron chi connectivity index (χ0n) is 7.36. The number of piperidine rings is 1. The van der Waals surface area contributed by atoms with Crippen LogP contribution in [0.2, 0.25) is 0 Å². The Kier molecular flexibility index (Phi) is 3.05. The highest BCUT2D eigenvalue weighted by molar-refractivity contribution is 5.80. The fourth-order valence-corrected chi connectivity index (χ4v) is 1.77. The third kappa shape index (κ3) is 1.76. The highest BCUT2D eigenvalue weighted by atomic mass is 16.3. The summed E-state index contributed by atoms with van der Waals surface area (Å²) in [4.78, 5) is 12.9. The number of aliphatic hydroxyl groups is 1. The van der Waals surface area contributed by atoms with Crippen LogP contribution in [0.25, 0.3) is 0 Å². The molecule has 1 aliphatic rings. The molecule has 4 nitrogen and oxygen atoms in total. The molecule has 2 atom stereocenters. The summed E-state index contributed by atoms with van der Waals surface area (Å²) in [5.74, 6) is -0.413. The molecule has 0 aromatic heterocycles. The molecule has 0 radical (unpaired) electrons. The van der Waals surface area contributed by atoms with Gasteiger partial charge in [0, 0.05) is 0 Å². The Bertz CT molecular complexity index is 172. The molecular formula is C8H16N2O2. The second-order valence-electron chi connectivity index (χ2n) is 3.19. The lowest BCUT2D eigenvalue weighted by atomic mass is 9.98. The van der Waals surface area contributed by atoms with Crippen LogP contribution in [0.1, 0.15) is 19.8 Å². The van der Waals surface area contributed by atoms with Gasteiger partial charge in [-0.25, -0.2) is 0 Å². The normalized spacial score (nSPS) is 31.8. The van der Waals surface area contributed by atoms with E-state index in [0.29, 0.717) is 6.42 Å². The first kappa shape index (κ1) is 9.48. The number of likely N-dealkylation sites (N-methyl/N-ethyl adjacent to an activating group) is 1. The molecule has 0 aromatic carbocycles. The zero-order valence-corrected chi connectivity index (χ0v) is 7.36. The predicted molar refractivity (Wildman–Crippen MR) is 45.5 cm³/mol. The number of hydrogen-bond donors (Lipinski definition) is 2. The van der Waals surface area contributed by atoms with Gasteiger partial charge in [-0.1, -0.05) is 6.92 Å². The van der Waals surface area contributed by atoms with Crippen molar-refractivity contribution in [1.82, 2.24) is 4.90 Å². The maximum atomic E-state index is 11.0. The average molecular weight is 172 g/mol. The van der Waals surface area contributed by atoms with Crippen molar-refractivity contribution in [3.05, 3.63) is 0 Å². The minimum atomic E-state index is -0.573. The van der Waals surface area contributed by atoms with Gasteiger partial charge < -0.3 is 10.8 Å². The SMILES string of the molecule is CCN1CCCC(O)C1C(N)=O. The molecule has 1 aliphatic heterocycles. The van der Waals surface area contributed by atoms with Crippen molar-refractivity contribution in [3.63, 3.8) is 0 Å². The molecule has 1 heterocycles. The molecule has 70 valence electrons. The van der Waals surface area contributed by atoms with Gasteiger partial charge >= 0.3 is 0 Å². The molecule has 0 aromatic rings. The minimum Gasteiger partial charge on any atom is -0.391 e. The second-order valence-corrected chi connectivity index (χ2v) is 3.19. The summed E-state index contributed by atoms with van der Waals surface area (Å²) in [6.45, 7) is 3.60. The number of hydrogen-bond acceptors (Lipinski definition) is 3. The molecule has 4 heteroatoms. The first-order valence-corrected chi connectivity index (χ1v) is 4.38. The van der Waals surface area contributed by atoms with E-state index in [2.05, 4.69) is 0 Å². The van der Waals surface area contributed by atoms with Crippen LogP contribution in [0.3, 0.4) is 0 Å². The molecular weight excluding hydrogens is 156 g/mol. The molecule has 3 N–H and O–H groups in total. The first-order chi connectivity index (χ1) is 5.66. The van der Waals surface area contributed by atoms with Gasteiger partial charge in [0.25, 0.3) is 0 Å². The molecule has 0 spiro atoms. The van der Waals surface area contributed by atoms with E-state index in [9.17, 15) is 9.90 Å². The lowest BCUT2D eigenvalue weighted by Crippen LogP contribution is -2.54. The number of primary amides is 1. The maximum absolute atomic E-state index is 11.0. The number of likely N-dealkylation sites (tertiary alicyclic amines) is 1. The maximum Gasteiger partial charge on any atom is 0.237 e. The summed E-state index contributed by atoms with van der Waals surface area (Å²) in [7, 11) is 0. The predicted octanol–water partition coefficient (Wildman–Crippen LogP) is -0.683. The summed E-state index contributed by atoms with van der Waals surface area (Å²) in [5, 5.41) is 9.50. The van der Waals surface area contributed by atoms with Crippen molar-refractivity contribution in [2.45, 2.75) is 31.9 Å². The number of nitrogens with two attached hydrogens (primary N) is 1. The summed E-state index contributed by atoms with van der Waals surface area (Å²) in [6.07, 6.45) is 1.05. The van der Waals surface area contributed by atoms with E-state index in [1.807, 2.05) is 11.8 Å². The van der Waals surface area contributed by atoms with Gasteiger partial charge in [-0.05, 0) is 25.9 Å². The van der Waals surface area contributed by atoms with Crippen molar-refractivity contribution < 1.29 is 9.90 Å². The minimum absolute atomic E-state index is 0.413. The topological polar surface area (TPSA) is 66.6 Å². The number of aliphatic hydroxyl groups excluding tert-OH is 1. The smallest absolute Gasteiger partial charge is 0.237 e. The lowest BCUT2D eigenvalue weighted by Gasteiger charge is -2.36. The van der Waals surface area contributed by atoms with Crippen molar-refractivity contribution in [2.24, 2.45) is 5.73 Å². The molecule has 0 bridgehead atoms. The van der Waals surface area contributed by atoms with E-state index in [1.165, 1.54) is 0 Å². The van der Waals surface area contributed by atoms with Crippen LogP contribution in [0.15, 0.2) is 0 Å². The monoisotopic (exact) mass is 172 g/mol. The van der Waals surface area contributed by atoms with Gasteiger partial charge in [0.1, 0.15) is 6.04 Å². The van der Waals surface area contributed by atoms with E-state index >= 15 is 0 Å². The molecule has 1 saturated heterocycles. The fourth-order valence-electron chi connectivity index (χ4n) is 1.77. The largest absolute Gasteiger partial charge is 0.391 e. The summed E-state index contributed by atoms with van der Waals surface area (Å²) < 4.78 is 0. The Balaban J connectivity index is 2.66. The van der Waals surface area contributed by atoms with E-state index in [4.69, 9.17) is 5.73 Å². The van der Waals surface area contributed by atoms with Crippen LogP contribution in [-0.4, -0.2) is 41.1 Å². The fraction of sp³-hybridized carbons (Fsp3) is 0.875. The molecule has 2 unspecified atom stereocenters.